The van der Waals surface area contributed by atoms with Crippen molar-refractivity contribution >= 4 is 23.5 Å². The molecule has 2 atom stereocenters. The van der Waals surface area contributed by atoms with Crippen LogP contribution in [0.1, 0.15) is 54.8 Å². The molecule has 0 aromatic carbocycles. The summed E-state index contributed by atoms with van der Waals surface area (Å²) in [7, 11) is 0. The van der Waals surface area contributed by atoms with Gasteiger partial charge in [0.15, 0.2) is 0 Å². The first-order chi connectivity index (χ1) is 18.3. The molecule has 0 aliphatic carbocycles. The molecule has 1 amide bonds. The maximum absolute atomic E-state index is 14.7. The van der Waals surface area contributed by atoms with Crippen LogP contribution in [-0.4, -0.2) is 58.2 Å². The van der Waals surface area contributed by atoms with Gasteiger partial charge in [-0.1, -0.05) is 26.0 Å². The van der Waals surface area contributed by atoms with Crippen LogP contribution in [-0.2, 0) is 0 Å². The molecule has 3 heterocycles. The molecule has 0 spiro atoms. The van der Waals surface area contributed by atoms with E-state index >= 15 is 0 Å². The summed E-state index contributed by atoms with van der Waals surface area (Å²) in [5, 5.41) is 3.53. The van der Waals surface area contributed by atoms with E-state index in [0.29, 0.717) is 15.6 Å². The molecule has 3 rings (SSSR count). The fourth-order valence-electron chi connectivity index (χ4n) is 4.46. The summed E-state index contributed by atoms with van der Waals surface area (Å²) in [6.07, 6.45) is -1.57. The van der Waals surface area contributed by atoms with Crippen molar-refractivity contribution in [3.63, 3.8) is 0 Å². The quantitative estimate of drug-likeness (QED) is 0.283. The molecular formula is C27H32F5N5OS. The average Bonchev–Trinajstić information content (AvgIpc) is 3.24. The van der Waals surface area contributed by atoms with Gasteiger partial charge in [0.05, 0.1) is 33.7 Å². The van der Waals surface area contributed by atoms with Crippen LogP contribution in [0.5, 0.6) is 0 Å². The monoisotopic (exact) mass is 569 g/mol. The van der Waals surface area contributed by atoms with Gasteiger partial charge in [0, 0.05) is 24.9 Å². The molecule has 0 bridgehead atoms. The van der Waals surface area contributed by atoms with Crippen molar-refractivity contribution in [1.82, 2.24) is 20.2 Å². The second-order valence-electron chi connectivity index (χ2n) is 9.49. The molecule has 1 fully saturated rings. The Morgan fingerprint density at radius 1 is 1.28 bits per heavy atom. The third-order valence-corrected chi connectivity index (χ3v) is 7.25. The number of hydrogen-bond donors (Lipinski definition) is 1. The standard InChI is InChI=1S/C27H32F5N5OS/c1-6-9-19(27(30,31)32)13-33-22(7-2)34-14-21-16(3)12-26(28,29)15-37(21)25(38)23-24(39-18(5)36-23)20-11-8-10-17(4)35-20/h7-11,13,16,21,34H,6,12,14-15H2,1-5H3/b19-9+,22-7+,33-13-. The Hall–Kier alpha value is -3.15. The van der Waals surface area contributed by atoms with Crippen LogP contribution in [0.2, 0.25) is 0 Å². The Morgan fingerprint density at radius 2 is 2.00 bits per heavy atom. The first-order valence-corrected chi connectivity index (χ1v) is 13.4. The zero-order valence-electron chi connectivity index (χ0n) is 22.4. The van der Waals surface area contributed by atoms with E-state index < -0.39 is 48.5 Å². The van der Waals surface area contributed by atoms with Crippen molar-refractivity contribution in [3.8, 4) is 10.6 Å². The number of pyridine rings is 1. The zero-order valence-corrected chi connectivity index (χ0v) is 23.3. The highest BCUT2D eigenvalue weighted by Crippen LogP contribution is 2.37. The number of nitrogens with zero attached hydrogens (tertiary/aromatic N) is 4. The number of piperidine rings is 1. The van der Waals surface area contributed by atoms with Crippen LogP contribution < -0.4 is 5.32 Å². The maximum atomic E-state index is 14.7. The molecule has 6 nitrogen and oxygen atoms in total. The topological polar surface area (TPSA) is 70.5 Å². The molecular weight excluding hydrogens is 537 g/mol. The summed E-state index contributed by atoms with van der Waals surface area (Å²) in [6, 6.07) is 4.66. The van der Waals surface area contributed by atoms with Crippen molar-refractivity contribution in [3.05, 3.63) is 58.1 Å². The second kappa shape index (κ2) is 12.4. The maximum Gasteiger partial charge on any atom is 0.417 e. The number of carbonyl (C=O) groups excluding carboxylic acids is 1. The van der Waals surface area contributed by atoms with Crippen LogP contribution >= 0.6 is 11.3 Å². The van der Waals surface area contributed by atoms with E-state index in [2.05, 4.69) is 20.3 Å². The number of nitrogens with one attached hydrogen (secondary N) is 1. The number of aryl methyl sites for hydroxylation is 2. The number of rotatable bonds is 8. The number of aromatic nitrogens is 2. The molecule has 12 heteroatoms. The molecule has 1 aliphatic rings. The molecule has 39 heavy (non-hydrogen) atoms. The SMILES string of the molecule is C\C=C(/N=C\C(=C/CC)C(F)(F)F)NCC1C(C)CC(F)(F)CN1C(=O)c1nc(C)sc1-c1cccc(C)n1. The number of halogens is 5. The molecule has 1 aliphatic heterocycles. The minimum absolute atomic E-state index is 0.0139. The van der Waals surface area contributed by atoms with Gasteiger partial charge in [0.25, 0.3) is 11.8 Å². The summed E-state index contributed by atoms with van der Waals surface area (Å²) in [4.78, 5) is 28.1. The molecule has 212 valence electrons. The number of likely N-dealkylation sites (tertiary alicyclic amines) is 1. The molecule has 2 aromatic heterocycles. The highest BCUT2D eigenvalue weighted by molar-refractivity contribution is 7.15. The minimum atomic E-state index is -4.55. The Labute approximate surface area is 228 Å². The number of hydrogen-bond acceptors (Lipinski definition) is 6. The summed E-state index contributed by atoms with van der Waals surface area (Å²) >= 11 is 1.26. The highest BCUT2D eigenvalue weighted by Gasteiger charge is 2.47. The first-order valence-electron chi connectivity index (χ1n) is 12.6. The lowest BCUT2D eigenvalue weighted by molar-refractivity contribution is -0.0913. The fourth-order valence-corrected chi connectivity index (χ4v) is 5.34. The van der Waals surface area contributed by atoms with Gasteiger partial charge in [0.2, 0.25) is 0 Å². The van der Waals surface area contributed by atoms with Gasteiger partial charge in [-0.15, -0.1) is 11.3 Å². The predicted molar refractivity (Wildman–Crippen MR) is 143 cm³/mol. The third kappa shape index (κ3) is 7.71. The number of alkyl halides is 5. The van der Waals surface area contributed by atoms with Crippen LogP contribution in [0.15, 0.2) is 46.7 Å². The summed E-state index contributed by atoms with van der Waals surface area (Å²) in [6.45, 7) is 7.56. The van der Waals surface area contributed by atoms with Crippen molar-refractivity contribution in [1.29, 1.82) is 0 Å². The zero-order chi connectivity index (χ0) is 29.0. The van der Waals surface area contributed by atoms with Gasteiger partial charge in [0.1, 0.15) is 11.5 Å². The number of thiazole rings is 1. The Bertz CT molecular complexity index is 1270. The normalized spacial score (nSPS) is 20.5. The number of amides is 1. The Balaban J connectivity index is 1.89. The van der Waals surface area contributed by atoms with Gasteiger partial charge < -0.3 is 10.2 Å². The van der Waals surface area contributed by atoms with E-state index in [9.17, 15) is 26.7 Å². The number of carbonyl (C=O) groups is 1. The van der Waals surface area contributed by atoms with Gasteiger partial charge in [-0.2, -0.15) is 13.2 Å². The van der Waals surface area contributed by atoms with Crippen LogP contribution in [0.4, 0.5) is 22.0 Å². The predicted octanol–water partition coefficient (Wildman–Crippen LogP) is 6.73. The van der Waals surface area contributed by atoms with Crippen molar-refractivity contribution in [2.24, 2.45) is 10.9 Å². The van der Waals surface area contributed by atoms with Crippen LogP contribution in [0.25, 0.3) is 10.6 Å². The highest BCUT2D eigenvalue weighted by atomic mass is 32.1. The van der Waals surface area contributed by atoms with Crippen molar-refractivity contribution in [2.75, 3.05) is 13.1 Å². The smallest absolute Gasteiger partial charge is 0.368 e. The minimum Gasteiger partial charge on any atom is -0.368 e. The van der Waals surface area contributed by atoms with E-state index in [4.69, 9.17) is 0 Å². The number of allylic oxidation sites excluding steroid dienone is 3. The van der Waals surface area contributed by atoms with Crippen LogP contribution in [0, 0.1) is 19.8 Å². The van der Waals surface area contributed by atoms with E-state index in [1.54, 1.807) is 39.8 Å². The lowest BCUT2D eigenvalue weighted by Crippen LogP contribution is -2.58. The molecule has 2 aromatic rings. The summed E-state index contributed by atoms with van der Waals surface area (Å²) < 4.78 is 69.1. The summed E-state index contributed by atoms with van der Waals surface area (Å²) in [5.74, 6) is -4.23. The van der Waals surface area contributed by atoms with E-state index in [-0.39, 0.29) is 24.5 Å². The first kappa shape index (κ1) is 30.4. The largest absolute Gasteiger partial charge is 0.417 e. The van der Waals surface area contributed by atoms with Crippen molar-refractivity contribution < 1.29 is 26.7 Å². The second-order valence-corrected chi connectivity index (χ2v) is 10.7. The van der Waals surface area contributed by atoms with Crippen molar-refractivity contribution in [2.45, 2.75) is 65.6 Å². The van der Waals surface area contributed by atoms with Gasteiger partial charge >= 0.3 is 6.18 Å². The molecule has 1 N–H and O–H groups in total. The molecule has 0 radical (unpaired) electrons. The van der Waals surface area contributed by atoms with E-state index in [1.165, 1.54) is 17.4 Å². The molecule has 1 saturated heterocycles. The van der Waals surface area contributed by atoms with Gasteiger partial charge in [-0.25, -0.2) is 18.8 Å². The van der Waals surface area contributed by atoms with E-state index in [1.807, 2.05) is 13.0 Å². The molecule has 0 saturated carbocycles. The van der Waals surface area contributed by atoms with E-state index in [0.717, 1.165) is 22.9 Å². The summed E-state index contributed by atoms with van der Waals surface area (Å²) in [5.41, 5.74) is 0.430. The third-order valence-electron chi connectivity index (χ3n) is 6.26. The Kier molecular flexibility index (Phi) is 9.63. The molecule has 2 unspecified atom stereocenters. The Morgan fingerprint density at radius 3 is 2.62 bits per heavy atom. The number of aliphatic imine (C=N–C) groups is 1. The van der Waals surface area contributed by atoms with Gasteiger partial charge in [-0.3, -0.25) is 9.78 Å². The fraction of sp³-hybridized carbons (Fsp3) is 0.481. The average molecular weight is 570 g/mol. The van der Waals surface area contributed by atoms with Gasteiger partial charge in [-0.05, 0) is 51.3 Å². The lowest BCUT2D eigenvalue weighted by Gasteiger charge is -2.43. The lowest BCUT2D eigenvalue weighted by atomic mass is 9.88. The van der Waals surface area contributed by atoms with Crippen LogP contribution in [0.3, 0.4) is 0 Å².